The number of rotatable bonds is 9. The minimum Gasteiger partial charge on any atom is -0.457 e. The first-order valence-corrected chi connectivity index (χ1v) is 17.1. The zero-order valence-corrected chi connectivity index (χ0v) is 27.5. The standard InChI is InChI=1S/C40H32Cl2N2O4/c41-39-29-14-5-6-15-30(29)40(42,32-17-8-7-16-31(32)39)36-35(39)37(46)44(38(36)47)24-9-1-2-19-34(45)43-26-20-22-27(23-21-26)48-33-18-10-12-25-11-3-4-13-28(25)33/h3-8,10-18,20-23,35-36H,1-2,9,19,24H2,(H,43,45)/t35-,36+,39?,40?. The number of ether oxygens (including phenoxy) is 1. The van der Waals surface area contributed by atoms with Crippen molar-refractivity contribution in [3.8, 4) is 11.5 Å². The zero-order valence-electron chi connectivity index (χ0n) is 26.0. The maximum Gasteiger partial charge on any atom is 0.235 e. The summed E-state index contributed by atoms with van der Waals surface area (Å²) in [5.74, 6) is -0.784. The van der Waals surface area contributed by atoms with Crippen LogP contribution in [0.1, 0.15) is 47.9 Å². The summed E-state index contributed by atoms with van der Waals surface area (Å²) in [6, 6.07) is 36.6. The van der Waals surface area contributed by atoms with Crippen LogP contribution in [0.25, 0.3) is 10.8 Å². The molecule has 1 aliphatic heterocycles. The van der Waals surface area contributed by atoms with Crippen LogP contribution in [0.2, 0.25) is 0 Å². The summed E-state index contributed by atoms with van der Waals surface area (Å²) in [5.41, 5.74) is 3.86. The fourth-order valence-electron chi connectivity index (χ4n) is 7.92. The van der Waals surface area contributed by atoms with Crippen LogP contribution in [0, 0.1) is 11.8 Å². The molecule has 0 spiro atoms. The number of likely N-dealkylation sites (tertiary alicyclic amines) is 1. The molecule has 5 aromatic rings. The van der Waals surface area contributed by atoms with Crippen LogP contribution in [0.15, 0.2) is 115 Å². The van der Waals surface area contributed by atoms with Gasteiger partial charge in [0.2, 0.25) is 17.7 Å². The molecule has 3 amide bonds. The number of nitrogens with one attached hydrogen (secondary N) is 1. The first-order chi connectivity index (χ1) is 23.3. The van der Waals surface area contributed by atoms with Crippen LogP contribution in [0.3, 0.4) is 0 Å². The van der Waals surface area contributed by atoms with Crippen LogP contribution < -0.4 is 10.1 Å². The van der Waals surface area contributed by atoms with Gasteiger partial charge in [0.1, 0.15) is 21.2 Å². The molecular formula is C40H32Cl2N2O4. The van der Waals surface area contributed by atoms with E-state index < -0.39 is 21.6 Å². The number of benzene rings is 5. The fraction of sp³-hybridized carbons (Fsp3) is 0.225. The topological polar surface area (TPSA) is 75.7 Å². The van der Waals surface area contributed by atoms with Crippen LogP contribution in [-0.2, 0) is 24.1 Å². The van der Waals surface area contributed by atoms with Gasteiger partial charge < -0.3 is 10.1 Å². The zero-order chi connectivity index (χ0) is 33.0. The number of hydrogen-bond acceptors (Lipinski definition) is 4. The van der Waals surface area contributed by atoms with Crippen molar-refractivity contribution in [2.45, 2.75) is 35.4 Å². The number of nitrogens with zero attached hydrogens (tertiary/aromatic N) is 1. The lowest BCUT2D eigenvalue weighted by molar-refractivity contribution is -0.140. The van der Waals surface area contributed by atoms with E-state index in [-0.39, 0.29) is 24.3 Å². The lowest BCUT2D eigenvalue weighted by Crippen LogP contribution is -2.57. The minimum atomic E-state index is -1.17. The number of amides is 3. The lowest BCUT2D eigenvalue weighted by atomic mass is 9.54. The third kappa shape index (κ3) is 4.65. The van der Waals surface area contributed by atoms with Crippen LogP contribution in [-0.4, -0.2) is 29.2 Å². The van der Waals surface area contributed by atoms with Gasteiger partial charge in [-0.05, 0) is 70.8 Å². The normalized spacial score (nSPS) is 23.5. The number of unbranched alkanes of at least 4 members (excludes halogenated alkanes) is 2. The highest BCUT2D eigenvalue weighted by molar-refractivity contribution is 6.36. The first kappa shape index (κ1) is 30.7. The Morgan fingerprint density at radius 3 is 1.81 bits per heavy atom. The summed E-state index contributed by atoms with van der Waals surface area (Å²) < 4.78 is 6.11. The summed E-state index contributed by atoms with van der Waals surface area (Å²) in [6.07, 6.45) is 2.19. The highest BCUT2D eigenvalue weighted by Crippen LogP contribution is 2.69. The molecule has 4 aliphatic rings. The van der Waals surface area contributed by atoms with Crippen LogP contribution in [0.4, 0.5) is 5.69 Å². The van der Waals surface area contributed by atoms with Gasteiger partial charge in [-0.1, -0.05) is 91.3 Å². The van der Waals surface area contributed by atoms with Gasteiger partial charge in [0, 0.05) is 24.0 Å². The Labute approximate surface area is 288 Å². The SMILES string of the molecule is O=C(CCCCCN1C(=O)[C@@H]2[C@H](C1=O)C1(Cl)c3ccccc3C2(Cl)c2ccccc21)Nc1ccc(Oc2cccc3ccccc23)cc1. The molecule has 1 fully saturated rings. The van der Waals surface area contributed by atoms with Crippen molar-refractivity contribution in [3.63, 3.8) is 0 Å². The molecule has 240 valence electrons. The molecule has 1 heterocycles. The summed E-state index contributed by atoms with van der Waals surface area (Å²) in [7, 11) is 0. The third-order valence-corrected chi connectivity index (χ3v) is 11.4. The van der Waals surface area contributed by atoms with E-state index in [1.807, 2.05) is 115 Å². The second-order valence-electron chi connectivity index (χ2n) is 12.8. The fourth-order valence-corrected chi connectivity index (χ4v) is 9.02. The summed E-state index contributed by atoms with van der Waals surface area (Å²) in [6.45, 7) is 0.261. The smallest absolute Gasteiger partial charge is 0.235 e. The number of hydrogen-bond donors (Lipinski definition) is 1. The summed E-state index contributed by atoms with van der Waals surface area (Å²) in [5, 5.41) is 5.08. The van der Waals surface area contributed by atoms with Crippen molar-refractivity contribution in [2.24, 2.45) is 11.8 Å². The molecule has 2 atom stereocenters. The van der Waals surface area contributed by atoms with Gasteiger partial charge in [-0.2, -0.15) is 0 Å². The van der Waals surface area contributed by atoms with Gasteiger partial charge in [-0.25, -0.2) is 0 Å². The molecule has 0 saturated carbocycles. The number of carbonyl (C=O) groups is 3. The Hall–Kier alpha value is -4.65. The maximum absolute atomic E-state index is 14.0. The Balaban J connectivity index is 0.869. The van der Waals surface area contributed by atoms with Gasteiger partial charge in [-0.3, -0.25) is 19.3 Å². The predicted molar refractivity (Wildman–Crippen MR) is 187 cm³/mol. The molecule has 3 aliphatic carbocycles. The van der Waals surface area contributed by atoms with E-state index in [1.165, 1.54) is 4.90 Å². The average molecular weight is 676 g/mol. The molecule has 0 unspecified atom stereocenters. The monoisotopic (exact) mass is 674 g/mol. The molecule has 8 heteroatoms. The predicted octanol–water partition coefficient (Wildman–Crippen LogP) is 8.72. The number of carbonyl (C=O) groups excluding carboxylic acids is 3. The Morgan fingerprint density at radius 1 is 0.667 bits per heavy atom. The van der Waals surface area contributed by atoms with Gasteiger partial charge in [0.15, 0.2) is 0 Å². The Morgan fingerprint density at radius 2 is 1.21 bits per heavy atom. The molecule has 5 aromatic carbocycles. The molecular weight excluding hydrogens is 643 g/mol. The molecule has 9 rings (SSSR count). The van der Waals surface area contributed by atoms with Crippen molar-refractivity contribution >= 4 is 57.4 Å². The molecule has 1 saturated heterocycles. The quantitative estimate of drug-likeness (QED) is 0.0964. The highest BCUT2D eigenvalue weighted by Gasteiger charge is 2.72. The minimum absolute atomic E-state index is 0.0997. The van der Waals surface area contributed by atoms with Crippen molar-refractivity contribution < 1.29 is 19.1 Å². The summed E-state index contributed by atoms with van der Waals surface area (Å²) in [4.78, 5) is 39.6. The molecule has 1 N–H and O–H groups in total. The van der Waals surface area contributed by atoms with Crippen molar-refractivity contribution in [3.05, 3.63) is 138 Å². The Kier molecular flexibility index (Phi) is 7.54. The number of anilines is 1. The van der Waals surface area contributed by atoms with Crippen LogP contribution >= 0.6 is 23.2 Å². The molecule has 2 bridgehead atoms. The largest absolute Gasteiger partial charge is 0.457 e. The number of imide groups is 1. The average Bonchev–Trinajstić information content (AvgIpc) is 3.38. The van der Waals surface area contributed by atoms with Gasteiger partial charge in [0.05, 0.1) is 11.8 Å². The van der Waals surface area contributed by atoms with E-state index in [4.69, 9.17) is 27.9 Å². The Bertz CT molecular complexity index is 1970. The van der Waals surface area contributed by atoms with E-state index in [2.05, 4.69) is 5.32 Å². The number of fused-ring (bicyclic) bond motifs is 1. The van der Waals surface area contributed by atoms with Crippen LogP contribution in [0.5, 0.6) is 11.5 Å². The second-order valence-corrected chi connectivity index (χ2v) is 14.0. The number of halogens is 2. The van der Waals surface area contributed by atoms with Gasteiger partial charge in [-0.15, -0.1) is 23.2 Å². The molecule has 6 nitrogen and oxygen atoms in total. The number of alkyl halides is 2. The third-order valence-electron chi connectivity index (χ3n) is 10.1. The van der Waals surface area contributed by atoms with Gasteiger partial charge >= 0.3 is 0 Å². The maximum atomic E-state index is 14.0. The van der Waals surface area contributed by atoms with Gasteiger partial charge in [0.25, 0.3) is 0 Å². The molecule has 0 aromatic heterocycles. The van der Waals surface area contributed by atoms with E-state index >= 15 is 0 Å². The van der Waals surface area contributed by atoms with Crippen molar-refractivity contribution in [2.75, 3.05) is 11.9 Å². The lowest BCUT2D eigenvalue weighted by Gasteiger charge is -2.54. The van der Waals surface area contributed by atoms with Crippen molar-refractivity contribution in [1.82, 2.24) is 4.90 Å². The van der Waals surface area contributed by atoms with Crippen molar-refractivity contribution in [1.29, 1.82) is 0 Å². The van der Waals surface area contributed by atoms with E-state index in [0.29, 0.717) is 37.1 Å². The van der Waals surface area contributed by atoms with E-state index in [9.17, 15) is 14.4 Å². The summed E-state index contributed by atoms with van der Waals surface area (Å²) >= 11 is 15.0. The van der Waals surface area contributed by atoms with E-state index in [1.54, 1.807) is 0 Å². The molecule has 48 heavy (non-hydrogen) atoms. The molecule has 0 radical (unpaired) electrons. The first-order valence-electron chi connectivity index (χ1n) is 16.3. The second kappa shape index (κ2) is 11.8. The highest BCUT2D eigenvalue weighted by atomic mass is 35.5. The van der Waals surface area contributed by atoms with E-state index in [0.717, 1.165) is 38.8 Å².